The van der Waals surface area contributed by atoms with Crippen molar-refractivity contribution < 1.29 is 4.57 Å². The third-order valence-corrected chi connectivity index (χ3v) is 4.75. The van der Waals surface area contributed by atoms with E-state index in [9.17, 15) is 0 Å². The van der Waals surface area contributed by atoms with E-state index in [0.29, 0.717) is 0 Å². The molecule has 0 radical (unpaired) electrons. The van der Waals surface area contributed by atoms with Gasteiger partial charge in [-0.2, -0.15) is 0 Å². The van der Waals surface area contributed by atoms with Gasteiger partial charge < -0.3 is 0 Å². The summed E-state index contributed by atoms with van der Waals surface area (Å²) in [5, 5.41) is 0. The van der Waals surface area contributed by atoms with Gasteiger partial charge in [0.05, 0.1) is 6.54 Å². The summed E-state index contributed by atoms with van der Waals surface area (Å²) in [5.74, 6) is 1.49. The minimum atomic E-state index is 0.989. The molecule has 2 nitrogen and oxygen atoms in total. The zero-order chi connectivity index (χ0) is 17.0. The number of aryl methyl sites for hydroxylation is 1. The summed E-state index contributed by atoms with van der Waals surface area (Å²) in [6, 6.07) is 10.8. The van der Waals surface area contributed by atoms with Gasteiger partial charge in [-0.1, -0.05) is 82.7 Å². The lowest BCUT2D eigenvalue weighted by Gasteiger charge is -2.06. The predicted molar refractivity (Wildman–Crippen MR) is 102 cm³/mol. The fraction of sp³-hybridized carbons (Fsp3) is 0.591. The number of nitrogens with zero attached hydrogens (tertiary/aromatic N) is 2. The molecule has 0 aliphatic heterocycles. The van der Waals surface area contributed by atoms with Crippen LogP contribution in [0.15, 0.2) is 42.7 Å². The Hall–Kier alpha value is -1.57. The van der Waals surface area contributed by atoms with Gasteiger partial charge >= 0.3 is 0 Å². The van der Waals surface area contributed by atoms with Crippen molar-refractivity contribution in [1.82, 2.24) is 4.57 Å². The monoisotopic (exact) mass is 327 g/mol. The summed E-state index contributed by atoms with van der Waals surface area (Å²) in [6.45, 7) is 6.67. The Balaban J connectivity index is 1.89. The molecule has 1 heterocycles. The number of rotatable bonds is 12. The van der Waals surface area contributed by atoms with E-state index in [1.165, 1.54) is 69.2 Å². The summed E-state index contributed by atoms with van der Waals surface area (Å²) < 4.78 is 4.90. The van der Waals surface area contributed by atoms with Crippen LogP contribution < -0.4 is 4.57 Å². The number of hydrogen-bond donors (Lipinski definition) is 0. The van der Waals surface area contributed by atoms with Crippen molar-refractivity contribution in [2.45, 2.75) is 84.7 Å². The molecular weight excluding hydrogens is 292 g/mol. The number of aromatic nitrogens is 2. The van der Waals surface area contributed by atoms with Crippen molar-refractivity contribution in [2.75, 3.05) is 0 Å². The second kappa shape index (κ2) is 11.1. The topological polar surface area (TPSA) is 8.81 Å². The molecule has 0 saturated heterocycles. The zero-order valence-electron chi connectivity index (χ0n) is 15.7. The van der Waals surface area contributed by atoms with E-state index in [-0.39, 0.29) is 0 Å². The van der Waals surface area contributed by atoms with Crippen LogP contribution in [0.5, 0.6) is 0 Å². The van der Waals surface area contributed by atoms with Crippen molar-refractivity contribution in [3.05, 3.63) is 54.1 Å². The van der Waals surface area contributed by atoms with E-state index in [1.54, 1.807) is 0 Å². The van der Waals surface area contributed by atoms with E-state index < -0.39 is 0 Å². The molecule has 0 aliphatic carbocycles. The molecule has 0 atom stereocenters. The van der Waals surface area contributed by atoms with Gasteiger partial charge in [0.1, 0.15) is 18.9 Å². The van der Waals surface area contributed by atoms with Gasteiger partial charge in [0.25, 0.3) is 5.82 Å². The molecule has 2 rings (SSSR count). The molecule has 24 heavy (non-hydrogen) atoms. The molecule has 0 N–H and O–H groups in total. The minimum Gasteiger partial charge on any atom is -0.234 e. The van der Waals surface area contributed by atoms with Gasteiger partial charge in [-0.25, -0.2) is 9.13 Å². The molecule has 0 fully saturated rings. The van der Waals surface area contributed by atoms with Crippen LogP contribution in [0, 0.1) is 0 Å². The molecule has 0 saturated carbocycles. The van der Waals surface area contributed by atoms with Gasteiger partial charge in [-0.05, 0) is 18.4 Å². The van der Waals surface area contributed by atoms with Crippen LogP contribution in [-0.2, 0) is 19.5 Å². The van der Waals surface area contributed by atoms with Gasteiger partial charge in [-0.3, -0.25) is 0 Å². The SMILES string of the molecule is CCCCCCCCCc1n(Cc2ccccc2)cc[n+]1CCC. The Bertz CT molecular complexity index is 557. The van der Waals surface area contributed by atoms with Crippen LogP contribution in [0.4, 0.5) is 0 Å². The third-order valence-electron chi connectivity index (χ3n) is 4.75. The average molecular weight is 328 g/mol. The molecule has 1 aromatic carbocycles. The Morgan fingerprint density at radius 2 is 1.54 bits per heavy atom. The van der Waals surface area contributed by atoms with E-state index >= 15 is 0 Å². The largest absolute Gasteiger partial charge is 0.256 e. The standard InChI is InChI=1S/C22H35N2/c1-3-5-6-7-8-9-13-16-22-23(17-4-2)18-19-24(22)20-21-14-11-10-12-15-21/h10-12,14-15,18-19H,3-9,13,16-17,20H2,1-2H3/q+1. The van der Waals surface area contributed by atoms with Crippen LogP contribution in [0.25, 0.3) is 0 Å². The van der Waals surface area contributed by atoms with Crippen LogP contribution >= 0.6 is 0 Å². The lowest BCUT2D eigenvalue weighted by atomic mass is 10.1. The molecule has 0 aliphatic rings. The number of benzene rings is 1. The van der Waals surface area contributed by atoms with Crippen LogP contribution in [0.3, 0.4) is 0 Å². The quantitative estimate of drug-likeness (QED) is 0.358. The molecule has 0 amide bonds. The molecule has 1 aromatic heterocycles. The second-order valence-electron chi connectivity index (χ2n) is 6.89. The Kier molecular flexibility index (Phi) is 8.65. The Labute approximate surface area is 148 Å². The van der Waals surface area contributed by atoms with E-state index in [0.717, 1.165) is 13.1 Å². The fourth-order valence-corrected chi connectivity index (χ4v) is 3.39. The molecule has 0 spiro atoms. The van der Waals surface area contributed by atoms with Crippen molar-refractivity contribution in [1.29, 1.82) is 0 Å². The first-order chi connectivity index (χ1) is 11.8. The molecule has 0 unspecified atom stereocenters. The summed E-state index contributed by atoms with van der Waals surface area (Å²) >= 11 is 0. The van der Waals surface area contributed by atoms with Crippen LogP contribution in [-0.4, -0.2) is 4.57 Å². The minimum absolute atomic E-state index is 0.989. The fourth-order valence-electron chi connectivity index (χ4n) is 3.39. The number of hydrogen-bond acceptors (Lipinski definition) is 0. The van der Waals surface area contributed by atoms with Crippen molar-refractivity contribution in [3.8, 4) is 0 Å². The van der Waals surface area contributed by atoms with Gasteiger partial charge in [-0.15, -0.1) is 0 Å². The van der Waals surface area contributed by atoms with Crippen LogP contribution in [0.1, 0.15) is 76.6 Å². The first-order valence-electron chi connectivity index (χ1n) is 9.96. The zero-order valence-corrected chi connectivity index (χ0v) is 15.7. The smallest absolute Gasteiger partial charge is 0.234 e. The third kappa shape index (κ3) is 6.14. The highest BCUT2D eigenvalue weighted by molar-refractivity contribution is 5.15. The van der Waals surface area contributed by atoms with E-state index in [2.05, 4.69) is 65.7 Å². The maximum absolute atomic E-state index is 2.46. The summed E-state index contributed by atoms with van der Waals surface area (Å²) in [4.78, 5) is 0. The molecular formula is C22H35N2+. The highest BCUT2D eigenvalue weighted by atomic mass is 15.1. The van der Waals surface area contributed by atoms with Crippen molar-refractivity contribution in [3.63, 3.8) is 0 Å². The summed E-state index contributed by atoms with van der Waals surface area (Å²) in [7, 11) is 0. The highest BCUT2D eigenvalue weighted by Crippen LogP contribution is 2.11. The number of unbranched alkanes of at least 4 members (excludes halogenated alkanes) is 6. The van der Waals surface area contributed by atoms with E-state index in [1.807, 2.05) is 0 Å². The molecule has 0 bridgehead atoms. The summed E-state index contributed by atoms with van der Waals surface area (Å²) in [5.41, 5.74) is 1.39. The first-order valence-corrected chi connectivity index (χ1v) is 9.96. The average Bonchev–Trinajstić information content (AvgIpc) is 2.97. The second-order valence-corrected chi connectivity index (χ2v) is 6.89. The predicted octanol–water partition coefficient (Wildman–Crippen LogP) is 5.53. The van der Waals surface area contributed by atoms with Gasteiger partial charge in [0.2, 0.25) is 0 Å². The maximum atomic E-state index is 2.46. The van der Waals surface area contributed by atoms with Gasteiger partial charge in [0, 0.05) is 6.42 Å². The summed E-state index contributed by atoms with van der Waals surface area (Å²) in [6.07, 6.45) is 16.6. The highest BCUT2D eigenvalue weighted by Gasteiger charge is 2.16. The lowest BCUT2D eigenvalue weighted by Crippen LogP contribution is -2.37. The first kappa shape index (κ1) is 18.8. The van der Waals surface area contributed by atoms with Crippen molar-refractivity contribution in [2.24, 2.45) is 0 Å². The van der Waals surface area contributed by atoms with Crippen molar-refractivity contribution >= 4 is 0 Å². The van der Waals surface area contributed by atoms with Crippen LogP contribution in [0.2, 0.25) is 0 Å². The Morgan fingerprint density at radius 3 is 2.25 bits per heavy atom. The maximum Gasteiger partial charge on any atom is 0.256 e. The Morgan fingerprint density at radius 1 is 0.833 bits per heavy atom. The van der Waals surface area contributed by atoms with E-state index in [4.69, 9.17) is 0 Å². The molecule has 132 valence electrons. The molecule has 2 aromatic rings. The number of imidazole rings is 1. The normalized spacial score (nSPS) is 11.1. The van der Waals surface area contributed by atoms with Gasteiger partial charge in [0.15, 0.2) is 0 Å². The lowest BCUT2D eigenvalue weighted by molar-refractivity contribution is -0.703. The molecule has 2 heteroatoms.